The number of aliphatic hydroxyl groups excluding tert-OH is 2. The molecule has 1 unspecified atom stereocenters. The molecule has 7 N–H and O–H groups in total. The summed E-state index contributed by atoms with van der Waals surface area (Å²) in [7, 11) is 0. The molecular formula is C9H17Cl2N5O3. The van der Waals surface area contributed by atoms with Crippen LogP contribution in [0.4, 0.5) is 17.5 Å². The number of H-pyrrole nitrogens is 1. The molecule has 10 heteroatoms. The van der Waals surface area contributed by atoms with Crippen molar-refractivity contribution >= 4 is 42.3 Å². The molecule has 0 aliphatic carbocycles. The first-order valence-electron chi connectivity index (χ1n) is 5.25. The van der Waals surface area contributed by atoms with Crippen molar-refractivity contribution in [2.45, 2.75) is 25.2 Å². The van der Waals surface area contributed by atoms with Crippen molar-refractivity contribution in [1.82, 2.24) is 9.97 Å². The highest BCUT2D eigenvalue weighted by atomic mass is 35.5. The van der Waals surface area contributed by atoms with Crippen molar-refractivity contribution in [3.8, 4) is 0 Å². The fourth-order valence-corrected chi connectivity index (χ4v) is 1.74. The molecule has 2 heterocycles. The van der Waals surface area contributed by atoms with Gasteiger partial charge in [0.25, 0.3) is 5.56 Å². The second-order valence-corrected chi connectivity index (χ2v) is 4.04. The number of rotatable bonds is 2. The highest BCUT2D eigenvalue weighted by Gasteiger charge is 2.29. The van der Waals surface area contributed by atoms with Gasteiger partial charge in [-0.2, -0.15) is 4.98 Å². The van der Waals surface area contributed by atoms with Gasteiger partial charge in [-0.05, 0) is 6.92 Å². The van der Waals surface area contributed by atoms with E-state index in [9.17, 15) is 15.0 Å². The normalized spacial score (nSPS) is 19.6. The van der Waals surface area contributed by atoms with Crippen molar-refractivity contribution < 1.29 is 10.2 Å². The molecule has 1 aliphatic heterocycles. The van der Waals surface area contributed by atoms with E-state index >= 15 is 0 Å². The fraction of sp³-hybridized carbons (Fsp3) is 0.556. The Balaban J connectivity index is 0.00000162. The van der Waals surface area contributed by atoms with E-state index in [0.717, 1.165) is 0 Å². The number of nitrogens with one attached hydrogen (secondary N) is 3. The number of fused-ring (bicyclic) bond motifs is 1. The third-order valence-electron chi connectivity index (χ3n) is 2.66. The van der Waals surface area contributed by atoms with Crippen molar-refractivity contribution in [3.05, 3.63) is 10.4 Å². The molecule has 0 aromatic carbocycles. The van der Waals surface area contributed by atoms with E-state index in [4.69, 9.17) is 5.73 Å². The zero-order valence-corrected chi connectivity index (χ0v) is 11.7. The van der Waals surface area contributed by atoms with Gasteiger partial charge in [-0.3, -0.25) is 9.78 Å². The molecule has 1 aromatic rings. The van der Waals surface area contributed by atoms with Gasteiger partial charge in [-0.1, -0.05) is 0 Å². The van der Waals surface area contributed by atoms with E-state index in [1.807, 2.05) is 0 Å². The Hall–Kier alpha value is -1.22. The maximum Gasteiger partial charge on any atom is 0.277 e. The number of nitrogens with zero attached hydrogens (tertiary/aromatic N) is 1. The first-order valence-corrected chi connectivity index (χ1v) is 5.25. The molecule has 0 saturated heterocycles. The van der Waals surface area contributed by atoms with Crippen LogP contribution in [-0.4, -0.2) is 45.0 Å². The van der Waals surface area contributed by atoms with E-state index in [0.29, 0.717) is 12.4 Å². The first kappa shape index (κ1) is 17.8. The molecule has 1 aromatic heterocycles. The minimum Gasteiger partial charge on any atom is -0.391 e. The Bertz CT molecular complexity index is 481. The van der Waals surface area contributed by atoms with E-state index in [1.165, 1.54) is 6.92 Å². The predicted molar refractivity (Wildman–Crippen MR) is 77.4 cm³/mol. The van der Waals surface area contributed by atoms with Gasteiger partial charge in [0.1, 0.15) is 11.8 Å². The number of nitrogens with two attached hydrogens (primary N) is 1. The average molecular weight is 314 g/mol. The van der Waals surface area contributed by atoms with Gasteiger partial charge < -0.3 is 26.6 Å². The zero-order chi connectivity index (χ0) is 12.6. The summed E-state index contributed by atoms with van der Waals surface area (Å²) in [5.74, 6) is 0.373. The minimum atomic E-state index is -0.979. The molecular weight excluding hydrogens is 297 g/mol. The van der Waals surface area contributed by atoms with Crippen LogP contribution in [0.1, 0.15) is 6.92 Å². The Morgan fingerprint density at radius 3 is 2.63 bits per heavy atom. The fourth-order valence-electron chi connectivity index (χ4n) is 1.74. The highest BCUT2D eigenvalue weighted by molar-refractivity contribution is 5.85. The number of hydrogen-bond acceptors (Lipinski definition) is 7. The third-order valence-corrected chi connectivity index (χ3v) is 2.66. The van der Waals surface area contributed by atoms with Crippen LogP contribution in [0.15, 0.2) is 4.79 Å². The number of aromatic amines is 1. The summed E-state index contributed by atoms with van der Waals surface area (Å²) in [6, 6.07) is -0.464. The molecule has 8 nitrogen and oxygen atoms in total. The summed E-state index contributed by atoms with van der Waals surface area (Å²) in [6.07, 6.45) is -1.87. The van der Waals surface area contributed by atoms with Crippen LogP contribution in [0, 0.1) is 0 Å². The third kappa shape index (κ3) is 3.63. The van der Waals surface area contributed by atoms with Crippen molar-refractivity contribution in [2.75, 3.05) is 22.9 Å². The van der Waals surface area contributed by atoms with Gasteiger partial charge in [-0.25, -0.2) is 0 Å². The van der Waals surface area contributed by atoms with E-state index in [2.05, 4.69) is 20.6 Å². The number of anilines is 3. The van der Waals surface area contributed by atoms with Gasteiger partial charge in [-0.15, -0.1) is 24.8 Å². The standard InChI is InChI=1S/C9H15N5O3.2ClH/c1-3(15)6(16)4-2-11-7-5(12-4)8(17)14-9(10)13-7;;/h3-4,6,12,15-16H,2H2,1H3,(H4,10,11,13,14,17);2*1H/t3-,4?,6+;;/m0../s1. The number of halogens is 2. The molecule has 3 atom stereocenters. The van der Waals surface area contributed by atoms with Gasteiger partial charge in [0.05, 0.1) is 12.1 Å². The SMILES string of the molecule is C[C@H](O)[C@@H](O)C1CNc2nc(N)[nH]c(=O)c2N1.Cl.Cl. The number of aliphatic hydroxyl groups is 2. The van der Waals surface area contributed by atoms with Crippen LogP contribution in [0.2, 0.25) is 0 Å². The van der Waals surface area contributed by atoms with Crippen LogP contribution in [0.3, 0.4) is 0 Å². The Morgan fingerprint density at radius 1 is 1.42 bits per heavy atom. The van der Waals surface area contributed by atoms with E-state index in [1.54, 1.807) is 0 Å². The summed E-state index contributed by atoms with van der Waals surface area (Å²) in [4.78, 5) is 17.9. The second-order valence-electron chi connectivity index (χ2n) is 4.04. The topological polar surface area (TPSA) is 136 Å². The molecule has 0 amide bonds. The molecule has 0 spiro atoms. The molecule has 19 heavy (non-hydrogen) atoms. The highest BCUT2D eigenvalue weighted by Crippen LogP contribution is 2.21. The molecule has 0 bridgehead atoms. The van der Waals surface area contributed by atoms with E-state index in [-0.39, 0.29) is 36.4 Å². The van der Waals surface area contributed by atoms with Crippen LogP contribution >= 0.6 is 24.8 Å². The van der Waals surface area contributed by atoms with Crippen LogP contribution in [0.5, 0.6) is 0 Å². The van der Waals surface area contributed by atoms with Crippen LogP contribution < -0.4 is 21.9 Å². The largest absolute Gasteiger partial charge is 0.391 e. The molecule has 0 saturated carbocycles. The number of nitrogen functional groups attached to an aromatic ring is 1. The minimum absolute atomic E-state index is 0. The summed E-state index contributed by atoms with van der Waals surface area (Å²) in [6.45, 7) is 1.82. The monoisotopic (exact) mass is 313 g/mol. The lowest BCUT2D eigenvalue weighted by molar-refractivity contribution is 0.0214. The van der Waals surface area contributed by atoms with Crippen molar-refractivity contribution in [2.24, 2.45) is 0 Å². The van der Waals surface area contributed by atoms with Gasteiger partial charge in [0.15, 0.2) is 5.82 Å². The van der Waals surface area contributed by atoms with Gasteiger partial charge in [0, 0.05) is 6.54 Å². The number of hydrogen-bond donors (Lipinski definition) is 6. The lowest BCUT2D eigenvalue weighted by Crippen LogP contribution is -2.48. The average Bonchev–Trinajstić information content (AvgIpc) is 2.27. The van der Waals surface area contributed by atoms with Crippen LogP contribution in [-0.2, 0) is 0 Å². The van der Waals surface area contributed by atoms with Gasteiger partial charge in [0.2, 0.25) is 5.95 Å². The van der Waals surface area contributed by atoms with Crippen LogP contribution in [0.25, 0.3) is 0 Å². The van der Waals surface area contributed by atoms with E-state index < -0.39 is 23.8 Å². The molecule has 0 radical (unpaired) electrons. The maximum atomic E-state index is 11.6. The lowest BCUT2D eigenvalue weighted by atomic mass is 10.0. The lowest BCUT2D eigenvalue weighted by Gasteiger charge is -2.31. The first-order chi connectivity index (χ1) is 7.99. The predicted octanol–water partition coefficient (Wildman–Crippen LogP) is -0.857. The second kappa shape index (κ2) is 6.80. The maximum absolute atomic E-state index is 11.6. The summed E-state index contributed by atoms with van der Waals surface area (Å²) >= 11 is 0. The summed E-state index contributed by atoms with van der Waals surface area (Å²) < 4.78 is 0. The zero-order valence-electron chi connectivity index (χ0n) is 10.1. The Kier molecular flexibility index (Phi) is 6.37. The molecule has 110 valence electrons. The smallest absolute Gasteiger partial charge is 0.277 e. The van der Waals surface area contributed by atoms with Crippen molar-refractivity contribution in [1.29, 1.82) is 0 Å². The molecule has 0 fully saturated rings. The van der Waals surface area contributed by atoms with Crippen molar-refractivity contribution in [3.63, 3.8) is 0 Å². The quantitative estimate of drug-likeness (QED) is 0.418. The molecule has 2 rings (SSSR count). The Labute approximate surface area is 121 Å². The summed E-state index contributed by atoms with van der Waals surface area (Å²) in [5, 5.41) is 24.7. The number of aromatic nitrogens is 2. The van der Waals surface area contributed by atoms with Gasteiger partial charge >= 0.3 is 0 Å². The Morgan fingerprint density at radius 2 is 2.05 bits per heavy atom. The molecule has 1 aliphatic rings. The summed E-state index contributed by atoms with van der Waals surface area (Å²) in [5.41, 5.74) is 5.20.